The summed E-state index contributed by atoms with van der Waals surface area (Å²) in [6.45, 7) is 5.38. The Labute approximate surface area is 134 Å². The molecule has 0 spiro atoms. The summed E-state index contributed by atoms with van der Waals surface area (Å²) >= 11 is 3.29. The maximum absolute atomic E-state index is 14.0. The van der Waals surface area contributed by atoms with Crippen LogP contribution in [0.3, 0.4) is 0 Å². The lowest BCUT2D eigenvalue weighted by Crippen LogP contribution is -2.41. The maximum Gasteiger partial charge on any atom is 0.257 e. The summed E-state index contributed by atoms with van der Waals surface area (Å²) < 4.78 is 14.5. The average molecular weight is 357 g/mol. The fourth-order valence-electron chi connectivity index (χ4n) is 2.80. The normalized spacial score (nSPS) is 18.5. The second-order valence-electron chi connectivity index (χ2n) is 5.56. The van der Waals surface area contributed by atoms with Gasteiger partial charge >= 0.3 is 0 Å². The molecule has 1 fully saturated rings. The molecule has 1 aliphatic rings. The highest BCUT2D eigenvalue weighted by atomic mass is 79.9. The van der Waals surface area contributed by atoms with Crippen molar-refractivity contribution in [1.29, 1.82) is 0 Å². The van der Waals surface area contributed by atoms with Crippen molar-refractivity contribution < 1.29 is 9.18 Å². The summed E-state index contributed by atoms with van der Waals surface area (Å²) in [4.78, 5) is 14.5. The lowest BCUT2D eigenvalue weighted by atomic mass is 9.98. The molecule has 5 heteroatoms. The molecule has 1 aliphatic heterocycles. The van der Waals surface area contributed by atoms with Gasteiger partial charge in [0.1, 0.15) is 5.82 Å². The summed E-state index contributed by atoms with van der Waals surface area (Å²) in [5, 5.41) is 3.36. The zero-order valence-electron chi connectivity index (χ0n) is 12.4. The van der Waals surface area contributed by atoms with E-state index in [1.807, 2.05) is 6.92 Å². The van der Waals surface area contributed by atoms with Crippen LogP contribution in [-0.4, -0.2) is 37.0 Å². The minimum absolute atomic E-state index is 0.148. The zero-order chi connectivity index (χ0) is 15.2. The van der Waals surface area contributed by atoms with Gasteiger partial charge in [-0.3, -0.25) is 4.79 Å². The van der Waals surface area contributed by atoms with Crippen LogP contribution in [0.15, 0.2) is 22.7 Å². The first-order valence-corrected chi connectivity index (χ1v) is 8.36. The van der Waals surface area contributed by atoms with Crippen LogP contribution in [-0.2, 0) is 0 Å². The van der Waals surface area contributed by atoms with Gasteiger partial charge < -0.3 is 10.2 Å². The van der Waals surface area contributed by atoms with Gasteiger partial charge in [-0.05, 0) is 66.3 Å². The van der Waals surface area contributed by atoms with E-state index in [1.54, 1.807) is 17.0 Å². The molecule has 116 valence electrons. The van der Waals surface area contributed by atoms with Crippen LogP contribution in [0.5, 0.6) is 0 Å². The molecule has 1 saturated heterocycles. The Morgan fingerprint density at radius 2 is 2.33 bits per heavy atom. The third-order valence-corrected chi connectivity index (χ3v) is 4.50. The van der Waals surface area contributed by atoms with E-state index in [0.29, 0.717) is 23.5 Å². The van der Waals surface area contributed by atoms with E-state index in [-0.39, 0.29) is 11.5 Å². The van der Waals surface area contributed by atoms with Crippen molar-refractivity contribution in [1.82, 2.24) is 10.2 Å². The van der Waals surface area contributed by atoms with Crippen LogP contribution in [0.1, 0.15) is 36.5 Å². The Balaban J connectivity index is 2.14. The molecule has 2 rings (SSSR count). The molecule has 1 N–H and O–H groups in total. The third-order valence-electron chi connectivity index (χ3n) is 3.83. The Kier molecular flexibility index (Phi) is 6.18. The Morgan fingerprint density at radius 3 is 2.95 bits per heavy atom. The van der Waals surface area contributed by atoms with Crippen molar-refractivity contribution in [3.05, 3.63) is 34.1 Å². The predicted octanol–water partition coefficient (Wildman–Crippen LogP) is 3.44. The van der Waals surface area contributed by atoms with E-state index in [9.17, 15) is 9.18 Å². The number of halogens is 2. The maximum atomic E-state index is 14.0. The van der Waals surface area contributed by atoms with Gasteiger partial charge in [0.25, 0.3) is 5.91 Å². The van der Waals surface area contributed by atoms with Crippen LogP contribution in [0, 0.1) is 11.7 Å². The highest BCUT2D eigenvalue weighted by Gasteiger charge is 2.24. The number of rotatable bonds is 5. The van der Waals surface area contributed by atoms with Crippen LogP contribution in [0.4, 0.5) is 4.39 Å². The molecule has 1 amide bonds. The number of hydrogen-bond donors (Lipinski definition) is 1. The lowest BCUT2D eigenvalue weighted by molar-refractivity contribution is 0.0713. The largest absolute Gasteiger partial charge is 0.338 e. The molecule has 0 radical (unpaired) electrons. The zero-order valence-corrected chi connectivity index (χ0v) is 14.0. The number of nitrogens with one attached hydrogen (secondary N) is 1. The van der Waals surface area contributed by atoms with Crippen LogP contribution in [0.2, 0.25) is 0 Å². The SMILES string of the molecule is CCCN(CC1CCCNC1)C(=O)c1c(F)cccc1Br. The molecule has 1 unspecified atom stereocenters. The van der Waals surface area contributed by atoms with Crippen LogP contribution >= 0.6 is 15.9 Å². The molecule has 1 atom stereocenters. The smallest absolute Gasteiger partial charge is 0.257 e. The number of carbonyl (C=O) groups excluding carboxylic acids is 1. The molecular formula is C16H22BrFN2O. The molecule has 0 bridgehead atoms. The average Bonchev–Trinajstić information content (AvgIpc) is 2.47. The topological polar surface area (TPSA) is 32.3 Å². The van der Waals surface area contributed by atoms with E-state index >= 15 is 0 Å². The summed E-state index contributed by atoms with van der Waals surface area (Å²) in [5.41, 5.74) is 0.148. The van der Waals surface area contributed by atoms with Gasteiger partial charge in [0, 0.05) is 17.6 Å². The second kappa shape index (κ2) is 7.90. The first-order valence-electron chi connectivity index (χ1n) is 7.57. The quantitative estimate of drug-likeness (QED) is 0.876. The lowest BCUT2D eigenvalue weighted by Gasteiger charge is -2.30. The van der Waals surface area contributed by atoms with E-state index in [0.717, 1.165) is 32.4 Å². The predicted molar refractivity (Wildman–Crippen MR) is 85.9 cm³/mol. The number of carbonyl (C=O) groups is 1. The van der Waals surface area contributed by atoms with E-state index in [1.165, 1.54) is 6.07 Å². The molecule has 1 aromatic carbocycles. The molecule has 0 aromatic heterocycles. The fraction of sp³-hybridized carbons (Fsp3) is 0.562. The van der Waals surface area contributed by atoms with Gasteiger partial charge in [-0.15, -0.1) is 0 Å². The molecule has 1 heterocycles. The highest BCUT2D eigenvalue weighted by molar-refractivity contribution is 9.10. The van der Waals surface area contributed by atoms with Crippen molar-refractivity contribution in [2.45, 2.75) is 26.2 Å². The number of amides is 1. The Hall–Kier alpha value is -0.940. The number of nitrogens with zero attached hydrogens (tertiary/aromatic N) is 1. The van der Waals surface area contributed by atoms with Crippen molar-refractivity contribution in [2.75, 3.05) is 26.2 Å². The Morgan fingerprint density at radius 1 is 1.52 bits per heavy atom. The summed E-state index contributed by atoms with van der Waals surface area (Å²) in [6, 6.07) is 4.65. The van der Waals surface area contributed by atoms with Crippen LogP contribution in [0.25, 0.3) is 0 Å². The van der Waals surface area contributed by atoms with Crippen LogP contribution < -0.4 is 5.32 Å². The van der Waals surface area contributed by atoms with Crippen molar-refractivity contribution in [3.8, 4) is 0 Å². The van der Waals surface area contributed by atoms with Gasteiger partial charge in [0.15, 0.2) is 0 Å². The van der Waals surface area contributed by atoms with E-state index in [4.69, 9.17) is 0 Å². The molecule has 21 heavy (non-hydrogen) atoms. The number of benzene rings is 1. The highest BCUT2D eigenvalue weighted by Crippen LogP contribution is 2.23. The number of hydrogen-bond acceptors (Lipinski definition) is 2. The molecule has 0 saturated carbocycles. The van der Waals surface area contributed by atoms with Crippen molar-refractivity contribution >= 4 is 21.8 Å². The third kappa shape index (κ3) is 4.27. The van der Waals surface area contributed by atoms with Crippen molar-refractivity contribution in [3.63, 3.8) is 0 Å². The minimum Gasteiger partial charge on any atom is -0.338 e. The van der Waals surface area contributed by atoms with Gasteiger partial charge in [-0.1, -0.05) is 13.0 Å². The van der Waals surface area contributed by atoms with Crippen molar-refractivity contribution in [2.24, 2.45) is 5.92 Å². The monoisotopic (exact) mass is 356 g/mol. The van der Waals surface area contributed by atoms with Gasteiger partial charge in [0.05, 0.1) is 5.56 Å². The molecule has 1 aromatic rings. The van der Waals surface area contributed by atoms with E-state index < -0.39 is 5.82 Å². The van der Waals surface area contributed by atoms with Gasteiger partial charge in [-0.2, -0.15) is 0 Å². The summed E-state index contributed by atoms with van der Waals surface area (Å²) in [7, 11) is 0. The van der Waals surface area contributed by atoms with Gasteiger partial charge in [0.2, 0.25) is 0 Å². The first-order chi connectivity index (χ1) is 10.1. The summed E-state index contributed by atoms with van der Waals surface area (Å²) in [5.74, 6) is -0.218. The minimum atomic E-state index is -0.461. The molecule has 0 aliphatic carbocycles. The molecular weight excluding hydrogens is 335 g/mol. The number of piperidine rings is 1. The Bertz CT molecular complexity index is 469. The standard InChI is InChI=1S/C16H22BrFN2O/c1-2-9-20(11-12-5-4-8-19-10-12)16(21)15-13(17)6-3-7-14(15)18/h3,6-7,12,19H,2,4-5,8-11H2,1H3. The fourth-order valence-corrected chi connectivity index (χ4v) is 3.31. The first kappa shape index (κ1) is 16.4. The summed E-state index contributed by atoms with van der Waals surface area (Å²) in [6.07, 6.45) is 3.14. The molecule has 3 nitrogen and oxygen atoms in total. The van der Waals surface area contributed by atoms with E-state index in [2.05, 4.69) is 21.2 Å². The van der Waals surface area contributed by atoms with Gasteiger partial charge in [-0.25, -0.2) is 4.39 Å². The second-order valence-corrected chi connectivity index (χ2v) is 6.41.